The number of rotatable bonds is 5. The molecule has 0 bridgehead atoms. The third-order valence-electron chi connectivity index (χ3n) is 4.32. The molecule has 138 valence electrons. The summed E-state index contributed by atoms with van der Waals surface area (Å²) in [6.07, 6.45) is 2.92. The van der Waals surface area contributed by atoms with Crippen molar-refractivity contribution < 1.29 is 4.79 Å². The first-order valence-corrected chi connectivity index (χ1v) is 10.3. The number of piperazine rings is 1. The molecule has 1 amide bonds. The maximum atomic E-state index is 11.3. The Morgan fingerprint density at radius 1 is 1.15 bits per heavy atom. The van der Waals surface area contributed by atoms with Crippen molar-refractivity contribution in [1.29, 1.82) is 0 Å². The molecule has 3 aromatic rings. The van der Waals surface area contributed by atoms with Gasteiger partial charge in [-0.2, -0.15) is 0 Å². The topological polar surface area (TPSA) is 61.4 Å². The second-order valence-corrected chi connectivity index (χ2v) is 8.13. The predicted molar refractivity (Wildman–Crippen MR) is 112 cm³/mol. The Morgan fingerprint density at radius 3 is 2.67 bits per heavy atom. The summed E-state index contributed by atoms with van der Waals surface area (Å²) in [5.74, 6) is 0.837. The summed E-state index contributed by atoms with van der Waals surface area (Å²) in [4.78, 5) is 24.7. The number of amides is 1. The maximum absolute atomic E-state index is 11.3. The maximum Gasteiger partial charge on any atom is 0.247 e. The van der Waals surface area contributed by atoms with E-state index in [1.807, 2.05) is 24.3 Å². The normalized spacial score (nSPS) is 15.0. The van der Waals surface area contributed by atoms with Gasteiger partial charge in [-0.15, -0.1) is 11.3 Å². The molecule has 27 heavy (non-hydrogen) atoms. The van der Waals surface area contributed by atoms with Gasteiger partial charge in [0, 0.05) is 36.8 Å². The minimum absolute atomic E-state index is 0.198. The van der Waals surface area contributed by atoms with Crippen LogP contribution in [0.15, 0.2) is 59.6 Å². The number of anilines is 2. The number of aromatic nitrogens is 2. The Bertz CT molecular complexity index is 948. The zero-order chi connectivity index (χ0) is 18.6. The second-order valence-electron chi connectivity index (χ2n) is 6.06. The summed E-state index contributed by atoms with van der Waals surface area (Å²) in [6, 6.07) is 9.97. The molecule has 1 aromatic carbocycles. The summed E-state index contributed by atoms with van der Waals surface area (Å²) in [5, 5.41) is 5.97. The smallest absolute Gasteiger partial charge is 0.247 e. The quantitative estimate of drug-likeness (QED) is 0.524. The molecule has 0 radical (unpaired) electrons. The fourth-order valence-electron chi connectivity index (χ4n) is 2.96. The highest BCUT2D eigenvalue weighted by Crippen LogP contribution is 2.30. The summed E-state index contributed by atoms with van der Waals surface area (Å²) in [7, 11) is 0. The van der Waals surface area contributed by atoms with Gasteiger partial charge in [-0.25, -0.2) is 14.3 Å². The third-order valence-corrected chi connectivity index (χ3v) is 6.25. The number of carbonyl (C=O) groups is 1. The van der Waals surface area contributed by atoms with Gasteiger partial charge in [-0.3, -0.25) is 4.79 Å². The number of hydrogen-bond donors (Lipinski definition) is 1. The minimum atomic E-state index is -0.198. The van der Waals surface area contributed by atoms with E-state index < -0.39 is 0 Å². The highest BCUT2D eigenvalue weighted by Gasteiger charge is 2.20. The van der Waals surface area contributed by atoms with Crippen LogP contribution in [0.3, 0.4) is 0 Å². The molecule has 0 saturated carbocycles. The predicted octanol–water partition coefficient (Wildman–Crippen LogP) is 3.65. The summed E-state index contributed by atoms with van der Waals surface area (Å²) >= 11 is 3.39. The number of fused-ring (bicyclic) bond motifs is 1. The summed E-state index contributed by atoms with van der Waals surface area (Å²) < 4.78 is 2.36. The zero-order valence-electron chi connectivity index (χ0n) is 14.7. The van der Waals surface area contributed by atoms with E-state index in [-0.39, 0.29) is 5.91 Å². The molecule has 8 heteroatoms. The van der Waals surface area contributed by atoms with Crippen LogP contribution in [0.5, 0.6) is 0 Å². The van der Waals surface area contributed by atoms with Crippen molar-refractivity contribution in [3.8, 4) is 0 Å². The van der Waals surface area contributed by atoms with E-state index in [0.717, 1.165) is 52.8 Å². The lowest BCUT2D eigenvalue weighted by molar-refractivity contribution is -0.111. The van der Waals surface area contributed by atoms with Crippen molar-refractivity contribution in [2.45, 2.75) is 4.90 Å². The fraction of sp³-hybridized carbons (Fsp3) is 0.211. The van der Waals surface area contributed by atoms with E-state index >= 15 is 0 Å². The first-order chi connectivity index (χ1) is 13.2. The van der Waals surface area contributed by atoms with Crippen LogP contribution in [-0.2, 0) is 4.79 Å². The molecule has 4 rings (SSSR count). The van der Waals surface area contributed by atoms with Gasteiger partial charge in [0.15, 0.2) is 0 Å². The molecule has 0 spiro atoms. The van der Waals surface area contributed by atoms with E-state index in [0.29, 0.717) is 0 Å². The van der Waals surface area contributed by atoms with Gasteiger partial charge < -0.3 is 10.2 Å². The number of hydrogen-bond acceptors (Lipinski definition) is 7. The van der Waals surface area contributed by atoms with Gasteiger partial charge in [0.1, 0.15) is 17.0 Å². The number of benzene rings is 1. The summed E-state index contributed by atoms with van der Waals surface area (Å²) in [6.45, 7) is 7.23. The lowest BCUT2D eigenvalue weighted by Crippen LogP contribution is -2.43. The van der Waals surface area contributed by atoms with Crippen molar-refractivity contribution in [2.75, 3.05) is 36.4 Å². The molecule has 1 aliphatic rings. The molecule has 0 atom stereocenters. The Labute approximate surface area is 166 Å². The number of nitrogens with one attached hydrogen (secondary N) is 1. The first-order valence-electron chi connectivity index (χ1n) is 8.62. The van der Waals surface area contributed by atoms with Crippen LogP contribution in [0.25, 0.3) is 10.2 Å². The SMILES string of the molecule is C=CC(=O)Nc1ccc(SN2CCN(c3ncnc4sccc34)CC2)cc1. The van der Waals surface area contributed by atoms with E-state index in [1.54, 1.807) is 29.6 Å². The standard InChI is InChI=1S/C19H19N5OS2/c1-2-17(25)22-14-3-5-15(6-4-14)27-24-10-8-23(9-11-24)18-16-7-12-26-19(16)21-13-20-18/h2-7,12-13H,1,8-11H2,(H,22,25). The van der Waals surface area contributed by atoms with Gasteiger partial charge in [0.05, 0.1) is 5.39 Å². The zero-order valence-corrected chi connectivity index (χ0v) is 16.3. The summed E-state index contributed by atoms with van der Waals surface area (Å²) in [5.41, 5.74) is 0.776. The van der Waals surface area contributed by atoms with Crippen molar-refractivity contribution in [3.05, 3.63) is 54.7 Å². The monoisotopic (exact) mass is 397 g/mol. The fourth-order valence-corrected chi connectivity index (χ4v) is 4.59. The van der Waals surface area contributed by atoms with Crippen molar-refractivity contribution >= 4 is 50.9 Å². The number of thiophene rings is 1. The Balaban J connectivity index is 1.35. The minimum Gasteiger partial charge on any atom is -0.353 e. The lowest BCUT2D eigenvalue weighted by Gasteiger charge is -2.34. The number of carbonyl (C=O) groups excluding carboxylic acids is 1. The molecule has 3 heterocycles. The van der Waals surface area contributed by atoms with E-state index in [4.69, 9.17) is 0 Å². The van der Waals surface area contributed by atoms with E-state index in [1.165, 1.54) is 6.08 Å². The molecule has 6 nitrogen and oxygen atoms in total. The van der Waals surface area contributed by atoms with Crippen molar-refractivity contribution in [1.82, 2.24) is 14.3 Å². The average Bonchev–Trinajstić information content (AvgIpc) is 3.19. The molecule has 1 aliphatic heterocycles. The van der Waals surface area contributed by atoms with Gasteiger partial charge >= 0.3 is 0 Å². The van der Waals surface area contributed by atoms with Gasteiger partial charge in [0.25, 0.3) is 0 Å². The van der Waals surface area contributed by atoms with Crippen LogP contribution in [0.2, 0.25) is 0 Å². The van der Waals surface area contributed by atoms with Gasteiger partial charge in [0.2, 0.25) is 5.91 Å². The van der Waals surface area contributed by atoms with Crippen LogP contribution in [0.4, 0.5) is 11.5 Å². The van der Waals surface area contributed by atoms with Gasteiger partial charge in [-0.05, 0) is 53.7 Å². The molecular weight excluding hydrogens is 378 g/mol. The average molecular weight is 398 g/mol. The second kappa shape index (κ2) is 8.08. The largest absolute Gasteiger partial charge is 0.353 e. The van der Waals surface area contributed by atoms with Crippen LogP contribution in [-0.4, -0.2) is 46.4 Å². The Kier molecular flexibility index (Phi) is 5.38. The van der Waals surface area contributed by atoms with Crippen LogP contribution in [0, 0.1) is 0 Å². The van der Waals surface area contributed by atoms with Crippen LogP contribution >= 0.6 is 23.3 Å². The van der Waals surface area contributed by atoms with E-state index in [9.17, 15) is 4.79 Å². The van der Waals surface area contributed by atoms with Crippen LogP contribution in [0.1, 0.15) is 0 Å². The third kappa shape index (κ3) is 4.13. The van der Waals surface area contributed by atoms with Crippen LogP contribution < -0.4 is 10.2 Å². The molecular formula is C19H19N5OS2. The van der Waals surface area contributed by atoms with Gasteiger partial charge in [-0.1, -0.05) is 6.58 Å². The molecule has 2 aromatic heterocycles. The van der Waals surface area contributed by atoms with Crippen molar-refractivity contribution in [3.63, 3.8) is 0 Å². The molecule has 0 aliphatic carbocycles. The highest BCUT2D eigenvalue weighted by atomic mass is 32.2. The Hall–Kier alpha value is -2.42. The lowest BCUT2D eigenvalue weighted by atomic mass is 10.3. The molecule has 0 unspecified atom stereocenters. The first kappa shape index (κ1) is 18.0. The molecule has 1 saturated heterocycles. The van der Waals surface area contributed by atoms with Crippen molar-refractivity contribution in [2.24, 2.45) is 0 Å². The molecule has 1 fully saturated rings. The molecule has 1 N–H and O–H groups in total. The number of nitrogens with zero attached hydrogens (tertiary/aromatic N) is 4. The Morgan fingerprint density at radius 2 is 1.93 bits per heavy atom. The highest BCUT2D eigenvalue weighted by molar-refractivity contribution is 7.97. The van der Waals surface area contributed by atoms with E-state index in [2.05, 4.69) is 42.5 Å².